The van der Waals surface area contributed by atoms with E-state index in [1.54, 1.807) is 0 Å². The molecule has 2 aliphatic rings. The molecule has 2 aliphatic heterocycles. The van der Waals surface area contributed by atoms with Crippen molar-refractivity contribution in [3.63, 3.8) is 0 Å². The summed E-state index contributed by atoms with van der Waals surface area (Å²) in [6, 6.07) is 9.03. The Labute approximate surface area is 308 Å². The number of nitrogens with zero attached hydrogens (tertiary/aromatic N) is 2. The summed E-state index contributed by atoms with van der Waals surface area (Å²) in [5.74, 6) is 0.933. The maximum atomic E-state index is 14.8. The first-order chi connectivity index (χ1) is 21.7. The Morgan fingerprint density at radius 1 is 0.630 bits per heavy atom. The third-order valence-corrected chi connectivity index (χ3v) is 20.4. The van der Waals surface area contributed by atoms with Gasteiger partial charge in [0.05, 0.1) is 0 Å². The molecular formula is C38H56N2O2S2Sn2. The minimum atomic E-state index is -0.818. The zero-order valence-corrected chi connectivity index (χ0v) is 37.4. The molecule has 0 bridgehead atoms. The predicted molar refractivity (Wildman–Crippen MR) is 203 cm³/mol. The summed E-state index contributed by atoms with van der Waals surface area (Å²) in [5.41, 5.74) is 3.15. The van der Waals surface area contributed by atoms with Gasteiger partial charge in [0.15, 0.2) is 0 Å². The monoisotopic (exact) mass is 876 g/mol. The average Bonchev–Trinajstić information content (AvgIpc) is 3.73. The van der Waals surface area contributed by atoms with Gasteiger partial charge in [0.2, 0.25) is 0 Å². The van der Waals surface area contributed by atoms with Crippen LogP contribution in [0.5, 0.6) is 0 Å². The van der Waals surface area contributed by atoms with Gasteiger partial charge < -0.3 is 0 Å². The van der Waals surface area contributed by atoms with Crippen LogP contribution in [0.4, 0.5) is 0 Å². The number of carbonyl (C=O) groups excluding carboxylic acids is 2. The van der Waals surface area contributed by atoms with E-state index in [4.69, 9.17) is 0 Å². The van der Waals surface area contributed by atoms with E-state index in [2.05, 4.69) is 93.5 Å². The Morgan fingerprint density at radius 2 is 1.00 bits per heavy atom. The minimum absolute atomic E-state index is 0.0453. The Bertz CT molecular complexity index is 1330. The molecule has 0 saturated heterocycles. The Kier molecular flexibility index (Phi) is 13.6. The fraction of sp³-hybridized carbons (Fsp3) is 0.632. The summed E-state index contributed by atoms with van der Waals surface area (Å²) in [4.78, 5) is 36.0. The van der Waals surface area contributed by atoms with Crippen LogP contribution in [0.15, 0.2) is 35.4 Å². The summed E-state index contributed by atoms with van der Waals surface area (Å²) >= 11 is 2.05. The second-order valence-corrected chi connectivity index (χ2v) is 32.5. The second kappa shape index (κ2) is 16.4. The van der Waals surface area contributed by atoms with E-state index >= 15 is 0 Å². The summed E-state index contributed by atoms with van der Waals surface area (Å²) < 4.78 is 3.63. The van der Waals surface area contributed by atoms with Crippen LogP contribution in [0.3, 0.4) is 0 Å². The molecule has 0 N–H and O–H groups in total. The van der Waals surface area contributed by atoms with Crippen LogP contribution in [0.1, 0.15) is 130 Å². The molecule has 2 atom stereocenters. The molecule has 250 valence electrons. The molecule has 0 saturated carbocycles. The summed E-state index contributed by atoms with van der Waals surface area (Å²) in [6.45, 7) is 24.4. The van der Waals surface area contributed by atoms with Crippen molar-refractivity contribution in [3.8, 4) is 0 Å². The van der Waals surface area contributed by atoms with Crippen molar-refractivity contribution in [2.75, 3.05) is 13.1 Å². The molecule has 0 aromatic carbocycles. The van der Waals surface area contributed by atoms with Crippen molar-refractivity contribution >= 4 is 94.0 Å². The Morgan fingerprint density at radius 3 is 1.30 bits per heavy atom. The second-order valence-electron chi connectivity index (χ2n) is 15.2. The van der Waals surface area contributed by atoms with Crippen molar-refractivity contribution in [2.45, 2.75) is 127 Å². The van der Waals surface area contributed by atoms with Crippen LogP contribution >= 0.6 is 22.7 Å². The first-order valence-electron chi connectivity index (χ1n) is 17.6. The van der Waals surface area contributed by atoms with Crippen molar-refractivity contribution < 1.29 is 9.59 Å². The molecule has 4 heterocycles. The molecule has 46 heavy (non-hydrogen) atoms. The molecule has 4 rings (SSSR count). The number of hydrogen-bond donors (Lipinski definition) is 0. The first-order valence-corrected chi connectivity index (χ1v) is 24.9. The van der Waals surface area contributed by atoms with Gasteiger partial charge in [-0.3, -0.25) is 0 Å². The van der Waals surface area contributed by atoms with Crippen LogP contribution < -0.4 is 5.79 Å². The van der Waals surface area contributed by atoms with E-state index in [1.807, 2.05) is 32.5 Å². The SMILES string of the molecule is CCCCC(CC)CN1C(=O)C2=C(c3cc[c]([Sn][C](C)(C)C)s3)N(CC(CC)CCCC)C(=O)C2=C1c1cc[c]([Sn][C](C)(C)C)s1. The average molecular weight is 874 g/mol. The topological polar surface area (TPSA) is 40.6 Å². The van der Waals surface area contributed by atoms with E-state index in [-0.39, 0.29) is 11.8 Å². The third-order valence-electron chi connectivity index (χ3n) is 8.82. The van der Waals surface area contributed by atoms with Gasteiger partial charge in [0.25, 0.3) is 0 Å². The number of unbranched alkanes of at least 4 members (excludes halogenated alkanes) is 2. The van der Waals surface area contributed by atoms with Gasteiger partial charge in [-0.25, -0.2) is 0 Å². The fourth-order valence-corrected chi connectivity index (χ4v) is 20.2. The van der Waals surface area contributed by atoms with Crippen LogP contribution in [0.25, 0.3) is 11.4 Å². The van der Waals surface area contributed by atoms with Gasteiger partial charge in [-0.05, 0) is 0 Å². The molecule has 2 aromatic rings. The Balaban J connectivity index is 1.90. The van der Waals surface area contributed by atoms with Crippen LogP contribution in [0.2, 0.25) is 6.86 Å². The molecule has 4 radical (unpaired) electrons. The van der Waals surface area contributed by atoms with Gasteiger partial charge >= 0.3 is 311 Å². The van der Waals surface area contributed by atoms with Crippen LogP contribution in [-0.2, 0) is 9.59 Å². The fourth-order valence-electron chi connectivity index (χ4n) is 6.41. The summed E-state index contributed by atoms with van der Waals surface area (Å²) in [6.07, 6.45) is 8.95. The summed E-state index contributed by atoms with van der Waals surface area (Å²) in [5, 5.41) is 0. The van der Waals surface area contributed by atoms with Gasteiger partial charge in [-0.15, -0.1) is 0 Å². The third kappa shape index (κ3) is 9.35. The van der Waals surface area contributed by atoms with Crippen molar-refractivity contribution in [1.29, 1.82) is 0 Å². The number of rotatable bonds is 16. The van der Waals surface area contributed by atoms with E-state index in [1.165, 1.54) is 18.6 Å². The maximum absolute atomic E-state index is 14.8. The molecular weight excluding hydrogens is 818 g/mol. The molecule has 2 unspecified atom stereocenters. The van der Waals surface area contributed by atoms with Crippen LogP contribution in [-0.4, -0.2) is 77.0 Å². The van der Waals surface area contributed by atoms with Crippen molar-refractivity contribution in [1.82, 2.24) is 9.80 Å². The number of fused-ring (bicyclic) bond motifs is 1. The van der Waals surface area contributed by atoms with Gasteiger partial charge in [0, 0.05) is 0 Å². The van der Waals surface area contributed by atoms with E-state index < -0.39 is 42.3 Å². The number of amides is 2. The Hall–Kier alpha value is -0.583. The van der Waals surface area contributed by atoms with E-state index in [9.17, 15) is 9.59 Å². The molecule has 4 nitrogen and oxygen atoms in total. The molecule has 2 amide bonds. The van der Waals surface area contributed by atoms with Crippen molar-refractivity contribution in [3.05, 3.63) is 45.2 Å². The molecule has 0 spiro atoms. The zero-order chi connectivity index (χ0) is 33.8. The van der Waals surface area contributed by atoms with Gasteiger partial charge in [-0.2, -0.15) is 0 Å². The summed E-state index contributed by atoms with van der Waals surface area (Å²) in [7, 11) is 0. The van der Waals surface area contributed by atoms with Gasteiger partial charge in [0.1, 0.15) is 0 Å². The number of hydrogen-bond acceptors (Lipinski definition) is 4. The van der Waals surface area contributed by atoms with Crippen LogP contribution in [0, 0.1) is 11.8 Å². The van der Waals surface area contributed by atoms with Gasteiger partial charge in [-0.1, -0.05) is 0 Å². The van der Waals surface area contributed by atoms with Crippen molar-refractivity contribution in [2.24, 2.45) is 11.8 Å². The molecule has 0 aliphatic carbocycles. The number of thiophene rings is 2. The zero-order valence-electron chi connectivity index (χ0n) is 30.1. The standard InChI is InChI=1S/C30H38N2O2S2.2C4H9.2Sn/c1-5-9-13-21(7-3)19-31-27(23-15-11-17-35-23)25-26(29(31)33)28(24-16-12-18-36-24)32(30(25)34)20-22(8-4)14-10-6-2;2*1-4(2)3;;/h11-12,15-16,21-22H,5-10,13-14,19-20H2,1-4H3;2*1-3H3;;. The molecule has 2 aromatic heterocycles. The number of carbonyl (C=O) groups is 2. The molecule has 8 heteroatoms. The quantitative estimate of drug-likeness (QED) is 0.158. The molecule has 0 fully saturated rings. The van der Waals surface area contributed by atoms with E-state index in [0.717, 1.165) is 59.7 Å². The predicted octanol–water partition coefficient (Wildman–Crippen LogP) is 9.15. The van der Waals surface area contributed by atoms with E-state index in [0.29, 0.717) is 42.9 Å². The normalized spacial score (nSPS) is 17.2. The first kappa shape index (κ1) is 38.2.